The van der Waals surface area contributed by atoms with Crippen LogP contribution in [0.1, 0.15) is 30.3 Å². The van der Waals surface area contributed by atoms with E-state index in [-0.39, 0.29) is 5.43 Å². The van der Waals surface area contributed by atoms with Gasteiger partial charge in [-0.15, -0.1) is 0 Å². The lowest BCUT2D eigenvalue weighted by atomic mass is 10.2. The molecule has 6 heteroatoms. The number of anilines is 1. The highest BCUT2D eigenvalue weighted by Crippen LogP contribution is 2.28. The largest absolute Gasteiger partial charge is 0.371 e. The SMILES string of the molecule is C=C(C)c1[nH]c(CNCCCNc2cc(=O)c3ccccc3[nH]2)c(C)c1Br. The number of rotatable bonds is 8. The predicted octanol–water partition coefficient (Wildman–Crippen LogP) is 4.55. The van der Waals surface area contributed by atoms with Crippen LogP contribution in [0.2, 0.25) is 0 Å². The molecule has 0 unspecified atom stereocenters. The summed E-state index contributed by atoms with van der Waals surface area (Å²) in [5.41, 5.74) is 5.35. The Balaban J connectivity index is 1.47. The van der Waals surface area contributed by atoms with Crippen molar-refractivity contribution >= 4 is 38.2 Å². The van der Waals surface area contributed by atoms with Gasteiger partial charge in [-0.2, -0.15) is 0 Å². The zero-order valence-corrected chi connectivity index (χ0v) is 17.3. The first-order chi connectivity index (χ1) is 13.0. The molecule has 3 rings (SSSR count). The zero-order chi connectivity index (χ0) is 19.4. The van der Waals surface area contributed by atoms with Crippen molar-refractivity contribution in [1.82, 2.24) is 15.3 Å². The number of fused-ring (bicyclic) bond motifs is 1. The van der Waals surface area contributed by atoms with Gasteiger partial charge in [-0.3, -0.25) is 4.79 Å². The fourth-order valence-corrected chi connectivity index (χ4v) is 3.71. The Labute approximate surface area is 167 Å². The molecule has 2 aromatic heterocycles. The predicted molar refractivity (Wildman–Crippen MR) is 117 cm³/mol. The number of pyridine rings is 1. The second kappa shape index (κ2) is 8.59. The van der Waals surface area contributed by atoms with Crippen molar-refractivity contribution in [2.75, 3.05) is 18.4 Å². The smallest absolute Gasteiger partial charge is 0.191 e. The summed E-state index contributed by atoms with van der Waals surface area (Å²) in [6.07, 6.45) is 0.948. The second-order valence-electron chi connectivity index (χ2n) is 6.75. The third kappa shape index (κ3) is 4.51. The molecule has 0 amide bonds. The minimum atomic E-state index is 0.0334. The Morgan fingerprint density at radius 3 is 2.74 bits per heavy atom. The van der Waals surface area contributed by atoms with Crippen LogP contribution in [0.5, 0.6) is 0 Å². The van der Waals surface area contributed by atoms with Crippen molar-refractivity contribution in [2.24, 2.45) is 0 Å². The van der Waals surface area contributed by atoms with Crippen LogP contribution in [0.25, 0.3) is 16.5 Å². The number of hydrogen-bond acceptors (Lipinski definition) is 3. The third-order valence-corrected chi connectivity index (χ3v) is 5.58. The number of hydrogen-bond donors (Lipinski definition) is 4. The summed E-state index contributed by atoms with van der Waals surface area (Å²) >= 11 is 3.63. The van der Waals surface area contributed by atoms with Gasteiger partial charge in [0.15, 0.2) is 5.43 Å². The van der Waals surface area contributed by atoms with Gasteiger partial charge in [-0.1, -0.05) is 18.7 Å². The number of benzene rings is 1. The Hall–Kier alpha value is -2.31. The van der Waals surface area contributed by atoms with Gasteiger partial charge in [0.1, 0.15) is 5.82 Å². The Morgan fingerprint density at radius 1 is 1.22 bits per heavy atom. The summed E-state index contributed by atoms with van der Waals surface area (Å²) in [5, 5.41) is 7.46. The molecule has 4 N–H and O–H groups in total. The van der Waals surface area contributed by atoms with Crippen molar-refractivity contribution < 1.29 is 0 Å². The Morgan fingerprint density at radius 2 is 2.00 bits per heavy atom. The molecule has 0 radical (unpaired) electrons. The Bertz CT molecular complexity index is 1020. The van der Waals surface area contributed by atoms with Gasteiger partial charge >= 0.3 is 0 Å². The number of para-hydroxylation sites is 1. The van der Waals surface area contributed by atoms with Gasteiger partial charge in [0, 0.05) is 34.7 Å². The van der Waals surface area contributed by atoms with Crippen LogP contribution < -0.4 is 16.1 Å². The molecule has 2 heterocycles. The molecule has 0 fully saturated rings. The topological polar surface area (TPSA) is 72.7 Å². The average molecular weight is 429 g/mol. The van der Waals surface area contributed by atoms with Crippen molar-refractivity contribution in [3.05, 3.63) is 68.6 Å². The molecule has 0 aliphatic carbocycles. The summed E-state index contributed by atoms with van der Waals surface area (Å²) < 4.78 is 1.09. The maximum Gasteiger partial charge on any atom is 0.191 e. The minimum Gasteiger partial charge on any atom is -0.371 e. The van der Waals surface area contributed by atoms with Crippen LogP contribution in [0.4, 0.5) is 5.82 Å². The molecule has 0 aliphatic rings. The lowest BCUT2D eigenvalue weighted by Crippen LogP contribution is -2.19. The molecule has 0 spiro atoms. The van der Waals surface area contributed by atoms with E-state index in [0.717, 1.165) is 53.1 Å². The number of halogens is 1. The van der Waals surface area contributed by atoms with Gasteiger partial charge < -0.3 is 20.6 Å². The Kier molecular flexibility index (Phi) is 6.19. The molecule has 1 aromatic carbocycles. The van der Waals surface area contributed by atoms with E-state index < -0.39 is 0 Å². The number of H-pyrrole nitrogens is 2. The second-order valence-corrected chi connectivity index (χ2v) is 7.54. The van der Waals surface area contributed by atoms with Crippen LogP contribution in [0, 0.1) is 6.92 Å². The van der Waals surface area contributed by atoms with E-state index in [2.05, 4.69) is 50.0 Å². The van der Waals surface area contributed by atoms with Crippen molar-refractivity contribution in [3.63, 3.8) is 0 Å². The van der Waals surface area contributed by atoms with E-state index >= 15 is 0 Å². The van der Waals surface area contributed by atoms with Gasteiger partial charge in [0.2, 0.25) is 0 Å². The summed E-state index contributed by atoms with van der Waals surface area (Å²) in [6.45, 7) is 10.5. The summed E-state index contributed by atoms with van der Waals surface area (Å²) in [6, 6.07) is 9.17. The average Bonchev–Trinajstić information content (AvgIpc) is 2.93. The summed E-state index contributed by atoms with van der Waals surface area (Å²) in [7, 11) is 0. The van der Waals surface area contributed by atoms with Crippen LogP contribution in [0.15, 0.2) is 46.2 Å². The fourth-order valence-electron chi connectivity index (χ4n) is 3.03. The maximum atomic E-state index is 12.1. The van der Waals surface area contributed by atoms with Gasteiger partial charge in [0.25, 0.3) is 0 Å². The molecule has 3 aromatic rings. The lowest BCUT2D eigenvalue weighted by molar-refractivity contribution is 0.653. The number of nitrogens with one attached hydrogen (secondary N) is 4. The van der Waals surface area contributed by atoms with Crippen molar-refractivity contribution in [2.45, 2.75) is 26.8 Å². The number of aromatic amines is 2. The van der Waals surface area contributed by atoms with E-state index in [1.165, 1.54) is 11.3 Å². The molecule has 0 saturated heterocycles. The molecular formula is C21H25BrN4O. The third-order valence-electron chi connectivity index (χ3n) is 4.59. The maximum absolute atomic E-state index is 12.1. The first-order valence-corrected chi connectivity index (χ1v) is 9.86. The molecule has 0 aliphatic heterocycles. The standard InChI is InChI=1S/C21H25BrN4O/c1-13(2)21-20(22)14(3)17(26-21)12-23-9-6-10-24-19-11-18(27)15-7-4-5-8-16(15)25-19/h4-5,7-8,11,23,26H,1,6,9-10,12H2,2-3H3,(H2,24,25,27). The molecule has 142 valence electrons. The van der Waals surface area contributed by atoms with Gasteiger partial charge in [-0.25, -0.2) is 0 Å². The van der Waals surface area contributed by atoms with E-state index in [4.69, 9.17) is 0 Å². The summed E-state index contributed by atoms with van der Waals surface area (Å²) in [5.74, 6) is 0.758. The number of allylic oxidation sites excluding steroid dienone is 1. The molecule has 0 atom stereocenters. The monoisotopic (exact) mass is 428 g/mol. The fraction of sp³-hybridized carbons (Fsp3) is 0.286. The minimum absolute atomic E-state index is 0.0334. The van der Waals surface area contributed by atoms with Crippen LogP contribution in [0.3, 0.4) is 0 Å². The molecule has 5 nitrogen and oxygen atoms in total. The van der Waals surface area contributed by atoms with E-state index in [1.54, 1.807) is 6.07 Å². The van der Waals surface area contributed by atoms with E-state index in [9.17, 15) is 4.79 Å². The molecular weight excluding hydrogens is 404 g/mol. The van der Waals surface area contributed by atoms with E-state index in [1.807, 2.05) is 31.2 Å². The van der Waals surface area contributed by atoms with Gasteiger partial charge in [0.05, 0.1) is 11.2 Å². The lowest BCUT2D eigenvalue weighted by Gasteiger charge is -2.08. The zero-order valence-electron chi connectivity index (χ0n) is 15.7. The molecule has 27 heavy (non-hydrogen) atoms. The number of aromatic nitrogens is 2. The van der Waals surface area contributed by atoms with Crippen molar-refractivity contribution in [3.8, 4) is 0 Å². The van der Waals surface area contributed by atoms with Crippen LogP contribution in [-0.2, 0) is 6.54 Å². The highest BCUT2D eigenvalue weighted by atomic mass is 79.9. The first kappa shape index (κ1) is 19.5. The van der Waals surface area contributed by atoms with Crippen molar-refractivity contribution in [1.29, 1.82) is 0 Å². The highest BCUT2D eigenvalue weighted by Gasteiger charge is 2.11. The van der Waals surface area contributed by atoms with Crippen LogP contribution in [-0.4, -0.2) is 23.1 Å². The van der Waals surface area contributed by atoms with Gasteiger partial charge in [-0.05, 0) is 66.0 Å². The summed E-state index contributed by atoms with van der Waals surface area (Å²) in [4.78, 5) is 18.8. The molecule has 0 saturated carbocycles. The van der Waals surface area contributed by atoms with Crippen LogP contribution >= 0.6 is 15.9 Å². The molecule has 0 bridgehead atoms. The quantitative estimate of drug-likeness (QED) is 0.397. The normalized spacial score (nSPS) is 11.1. The highest BCUT2D eigenvalue weighted by molar-refractivity contribution is 9.10. The van der Waals surface area contributed by atoms with E-state index in [0.29, 0.717) is 5.39 Å². The first-order valence-electron chi connectivity index (χ1n) is 9.07.